The molecule has 0 saturated carbocycles. The van der Waals surface area contributed by atoms with E-state index < -0.39 is 0 Å². The fourth-order valence-corrected chi connectivity index (χ4v) is 0.748. The van der Waals surface area contributed by atoms with Gasteiger partial charge in [-0.1, -0.05) is 6.92 Å². The minimum Gasteiger partial charge on any atom is -0.384 e. The van der Waals surface area contributed by atoms with Gasteiger partial charge in [-0.2, -0.15) is 11.8 Å². The first kappa shape index (κ1) is 7.31. The monoisotopic (exact) mass is 119 g/mol. The molecule has 0 aliphatic rings. The van der Waals surface area contributed by atoms with Crippen LogP contribution in [0.3, 0.4) is 0 Å². The van der Waals surface area contributed by atoms with Crippen LogP contribution in [0.25, 0.3) is 0 Å². The lowest BCUT2D eigenvalue weighted by atomic mass is 10.9. The molecule has 0 rings (SSSR count). The summed E-state index contributed by atoms with van der Waals surface area (Å²) in [5.74, 6) is 3.14. The molecule has 0 atom stereocenters. The molecule has 0 aliphatic carbocycles. The smallest absolute Gasteiger partial charge is 0.0553 e. The van der Waals surface area contributed by atoms with Crippen molar-refractivity contribution < 1.29 is 4.74 Å². The predicted molar refractivity (Wildman–Crippen MR) is 34.3 cm³/mol. The van der Waals surface area contributed by atoms with Crippen molar-refractivity contribution in [3.05, 3.63) is 5.75 Å². The molecule has 0 saturated heterocycles. The standard InChI is InChI=1S/C5H11OS/c1-3-7-5-4-6-2/h3H,4-5H2,1-2H3. The summed E-state index contributed by atoms with van der Waals surface area (Å²) in [6.07, 6.45) is 0. The van der Waals surface area contributed by atoms with E-state index in [9.17, 15) is 0 Å². The molecule has 0 N–H and O–H groups in total. The molecule has 1 nitrogen and oxygen atoms in total. The number of methoxy groups -OCH3 is 1. The van der Waals surface area contributed by atoms with Crippen LogP contribution in [0.2, 0.25) is 0 Å². The fourth-order valence-electron chi connectivity index (χ4n) is 0.249. The zero-order chi connectivity index (χ0) is 5.54. The number of ether oxygens (including phenoxy) is 1. The number of thioether (sulfide) groups is 1. The van der Waals surface area contributed by atoms with E-state index in [2.05, 4.69) is 5.75 Å². The van der Waals surface area contributed by atoms with Gasteiger partial charge in [0.2, 0.25) is 0 Å². The van der Waals surface area contributed by atoms with Crippen molar-refractivity contribution in [2.75, 3.05) is 19.5 Å². The normalized spacial score (nSPS) is 9.43. The van der Waals surface area contributed by atoms with E-state index in [1.807, 2.05) is 6.92 Å². The van der Waals surface area contributed by atoms with Crippen molar-refractivity contribution >= 4 is 11.8 Å². The fraction of sp³-hybridized carbons (Fsp3) is 0.800. The third-order valence-corrected chi connectivity index (χ3v) is 1.31. The Bertz CT molecular complexity index is 27.3. The van der Waals surface area contributed by atoms with E-state index in [1.165, 1.54) is 0 Å². The summed E-state index contributed by atoms with van der Waals surface area (Å²) in [6, 6.07) is 0. The van der Waals surface area contributed by atoms with Gasteiger partial charge in [-0.05, 0) is 0 Å². The lowest BCUT2D eigenvalue weighted by Gasteiger charge is -1.92. The van der Waals surface area contributed by atoms with E-state index in [0.29, 0.717) is 0 Å². The Morgan fingerprint density at radius 1 is 1.71 bits per heavy atom. The quantitative estimate of drug-likeness (QED) is 0.519. The van der Waals surface area contributed by atoms with E-state index in [4.69, 9.17) is 4.74 Å². The first-order chi connectivity index (χ1) is 3.41. The van der Waals surface area contributed by atoms with Crippen LogP contribution in [0.1, 0.15) is 6.92 Å². The van der Waals surface area contributed by atoms with Gasteiger partial charge in [0.15, 0.2) is 0 Å². The van der Waals surface area contributed by atoms with Crippen LogP contribution in [-0.4, -0.2) is 19.5 Å². The van der Waals surface area contributed by atoms with Crippen molar-refractivity contribution in [2.24, 2.45) is 0 Å². The molecule has 0 spiro atoms. The second-order valence-corrected chi connectivity index (χ2v) is 2.31. The second kappa shape index (κ2) is 6.31. The summed E-state index contributed by atoms with van der Waals surface area (Å²) in [7, 11) is 1.72. The van der Waals surface area contributed by atoms with E-state index in [1.54, 1.807) is 18.9 Å². The molecule has 43 valence electrons. The maximum atomic E-state index is 4.80. The third-order valence-electron chi connectivity index (χ3n) is 0.572. The maximum absolute atomic E-state index is 4.80. The van der Waals surface area contributed by atoms with Gasteiger partial charge in [0, 0.05) is 18.6 Å². The molecule has 0 aromatic carbocycles. The zero-order valence-electron chi connectivity index (χ0n) is 4.81. The van der Waals surface area contributed by atoms with Crippen LogP contribution in [-0.2, 0) is 4.74 Å². The summed E-state index contributed by atoms with van der Waals surface area (Å²) < 4.78 is 4.80. The molecular formula is C5H11OS. The molecule has 0 aromatic rings. The molecule has 0 heterocycles. The van der Waals surface area contributed by atoms with Gasteiger partial charge in [0.25, 0.3) is 0 Å². The van der Waals surface area contributed by atoms with Gasteiger partial charge in [-0.15, -0.1) is 0 Å². The Kier molecular flexibility index (Phi) is 6.59. The van der Waals surface area contributed by atoms with Crippen molar-refractivity contribution in [1.82, 2.24) is 0 Å². The van der Waals surface area contributed by atoms with E-state index >= 15 is 0 Å². The van der Waals surface area contributed by atoms with E-state index in [-0.39, 0.29) is 0 Å². The molecule has 0 fully saturated rings. The lowest BCUT2D eigenvalue weighted by molar-refractivity contribution is 0.219. The van der Waals surface area contributed by atoms with Gasteiger partial charge in [-0.3, -0.25) is 0 Å². The predicted octanol–water partition coefficient (Wildman–Crippen LogP) is 1.55. The third kappa shape index (κ3) is 6.31. The molecular weight excluding hydrogens is 108 g/mol. The zero-order valence-corrected chi connectivity index (χ0v) is 5.62. The van der Waals surface area contributed by atoms with Gasteiger partial charge in [0.1, 0.15) is 0 Å². The highest BCUT2D eigenvalue weighted by Crippen LogP contribution is 2.01. The Balaban J connectivity index is 2.45. The Hall–Kier alpha value is 0.310. The van der Waals surface area contributed by atoms with Gasteiger partial charge in [-0.25, -0.2) is 0 Å². The largest absolute Gasteiger partial charge is 0.384 e. The molecule has 0 amide bonds. The first-order valence-electron chi connectivity index (χ1n) is 2.30. The van der Waals surface area contributed by atoms with Crippen molar-refractivity contribution in [1.29, 1.82) is 0 Å². The lowest BCUT2D eigenvalue weighted by Crippen LogP contribution is -1.89. The average Bonchev–Trinajstić information content (AvgIpc) is 1.69. The molecule has 0 unspecified atom stereocenters. The van der Waals surface area contributed by atoms with Gasteiger partial charge >= 0.3 is 0 Å². The molecule has 1 radical (unpaired) electrons. The molecule has 0 aromatic heterocycles. The highest BCUT2D eigenvalue weighted by atomic mass is 32.2. The summed E-state index contributed by atoms with van der Waals surface area (Å²) >= 11 is 1.78. The van der Waals surface area contributed by atoms with Crippen LogP contribution in [0.4, 0.5) is 0 Å². The molecule has 0 aliphatic heterocycles. The minimum atomic E-state index is 0.856. The highest BCUT2D eigenvalue weighted by molar-refractivity contribution is 8.01. The maximum Gasteiger partial charge on any atom is 0.0553 e. The van der Waals surface area contributed by atoms with E-state index in [0.717, 1.165) is 12.4 Å². The van der Waals surface area contributed by atoms with Crippen LogP contribution in [0.15, 0.2) is 0 Å². The molecule has 2 heteroatoms. The van der Waals surface area contributed by atoms with Crippen LogP contribution >= 0.6 is 11.8 Å². The van der Waals surface area contributed by atoms with Gasteiger partial charge < -0.3 is 4.74 Å². The van der Waals surface area contributed by atoms with Crippen LogP contribution in [0.5, 0.6) is 0 Å². The summed E-state index contributed by atoms with van der Waals surface area (Å²) in [5, 5.41) is 0. The topological polar surface area (TPSA) is 9.23 Å². The molecule has 0 bridgehead atoms. The van der Waals surface area contributed by atoms with Crippen molar-refractivity contribution in [3.8, 4) is 0 Å². The summed E-state index contributed by atoms with van der Waals surface area (Å²) in [4.78, 5) is 0. The number of hydrogen-bond donors (Lipinski definition) is 0. The Morgan fingerprint density at radius 3 is 2.86 bits per heavy atom. The highest BCUT2D eigenvalue weighted by Gasteiger charge is 1.80. The van der Waals surface area contributed by atoms with Crippen molar-refractivity contribution in [2.45, 2.75) is 6.92 Å². The average molecular weight is 119 g/mol. The minimum absolute atomic E-state index is 0.856. The number of rotatable bonds is 4. The van der Waals surface area contributed by atoms with Crippen LogP contribution in [0, 0.1) is 5.75 Å². The second-order valence-electron chi connectivity index (χ2n) is 1.10. The SMILES string of the molecule is C[CH]SCCOC. The number of hydrogen-bond acceptors (Lipinski definition) is 2. The summed E-state index contributed by atoms with van der Waals surface area (Å²) in [6.45, 7) is 2.88. The summed E-state index contributed by atoms with van der Waals surface area (Å²) in [5.41, 5.74) is 0. The first-order valence-corrected chi connectivity index (χ1v) is 3.35. The Labute approximate surface area is 49.4 Å². The van der Waals surface area contributed by atoms with Crippen LogP contribution < -0.4 is 0 Å². The Morgan fingerprint density at radius 2 is 2.43 bits per heavy atom. The van der Waals surface area contributed by atoms with Gasteiger partial charge in [0.05, 0.1) is 6.61 Å². The molecule has 7 heavy (non-hydrogen) atoms. The van der Waals surface area contributed by atoms with Crippen molar-refractivity contribution in [3.63, 3.8) is 0 Å².